The van der Waals surface area contributed by atoms with Crippen LogP contribution in [0.5, 0.6) is 0 Å². The van der Waals surface area contributed by atoms with Crippen molar-refractivity contribution in [3.05, 3.63) is 17.5 Å². The minimum absolute atomic E-state index is 0.0457. The van der Waals surface area contributed by atoms with Crippen molar-refractivity contribution in [1.82, 2.24) is 24.6 Å². The second-order valence-corrected chi connectivity index (χ2v) is 8.00. The molecule has 0 aromatic carbocycles. The normalized spacial score (nSPS) is 17.8. The first-order chi connectivity index (χ1) is 13.3. The minimum Gasteiger partial charge on any atom is -0.343 e. The Labute approximate surface area is 167 Å². The first-order valence-electron chi connectivity index (χ1n) is 10.1. The van der Waals surface area contributed by atoms with Crippen LogP contribution >= 0.6 is 0 Å². The summed E-state index contributed by atoms with van der Waals surface area (Å²) in [6, 6.07) is 2.11. The number of carbonyl (C=O) groups is 2. The number of likely N-dealkylation sites (tertiary alicyclic amines) is 1. The number of hydrogen-bond acceptors (Lipinski definition) is 5. The third-order valence-corrected chi connectivity index (χ3v) is 5.83. The average Bonchev–Trinajstić information content (AvgIpc) is 3.25. The van der Waals surface area contributed by atoms with E-state index in [2.05, 4.69) is 16.3 Å². The first-order valence-corrected chi connectivity index (χ1v) is 10.1. The second-order valence-electron chi connectivity index (χ2n) is 8.00. The second kappa shape index (κ2) is 8.75. The molecule has 0 bridgehead atoms. The zero-order chi connectivity index (χ0) is 20.3. The molecule has 2 aliphatic rings. The number of aromatic nitrogens is 2. The van der Waals surface area contributed by atoms with Gasteiger partial charge in [0.2, 0.25) is 11.8 Å². The van der Waals surface area contributed by atoms with Crippen molar-refractivity contribution in [2.24, 2.45) is 12.1 Å². The lowest BCUT2D eigenvalue weighted by Gasteiger charge is -2.31. The molecule has 0 aliphatic carbocycles. The van der Waals surface area contributed by atoms with E-state index >= 15 is 0 Å². The van der Waals surface area contributed by atoms with Crippen molar-refractivity contribution < 1.29 is 9.59 Å². The van der Waals surface area contributed by atoms with Crippen LogP contribution in [0, 0.1) is 0 Å². The van der Waals surface area contributed by atoms with E-state index in [0.29, 0.717) is 25.4 Å². The van der Waals surface area contributed by atoms with E-state index in [1.54, 1.807) is 18.9 Å². The number of rotatable bonds is 6. The average molecular weight is 389 g/mol. The van der Waals surface area contributed by atoms with E-state index in [1.165, 1.54) is 0 Å². The summed E-state index contributed by atoms with van der Waals surface area (Å²) < 4.78 is 1.87. The Morgan fingerprint density at radius 2 is 1.96 bits per heavy atom. The van der Waals surface area contributed by atoms with Crippen molar-refractivity contribution in [2.75, 3.05) is 33.2 Å². The fourth-order valence-electron chi connectivity index (χ4n) is 3.83. The van der Waals surface area contributed by atoms with E-state index in [0.717, 1.165) is 56.0 Å². The van der Waals surface area contributed by atoms with Crippen LogP contribution in [0.2, 0.25) is 0 Å². The highest BCUT2D eigenvalue weighted by atomic mass is 16.2. The SMILES string of the molecule is CC(=O)N(C)Cc1cc(C2CCN(C(=O)CCN3CCC(C)=N3)CC2)nn1C. The lowest BCUT2D eigenvalue weighted by molar-refractivity contribution is -0.132. The van der Waals surface area contributed by atoms with Crippen LogP contribution in [0.15, 0.2) is 11.2 Å². The molecule has 1 aromatic heterocycles. The Morgan fingerprint density at radius 1 is 1.25 bits per heavy atom. The molecule has 0 spiro atoms. The first kappa shape index (κ1) is 20.4. The van der Waals surface area contributed by atoms with E-state index in [1.807, 2.05) is 28.6 Å². The molecule has 1 aromatic rings. The summed E-state index contributed by atoms with van der Waals surface area (Å²) in [6.07, 6.45) is 3.41. The smallest absolute Gasteiger partial charge is 0.224 e. The zero-order valence-corrected chi connectivity index (χ0v) is 17.5. The summed E-state index contributed by atoms with van der Waals surface area (Å²) in [7, 11) is 3.72. The number of hydrazone groups is 1. The van der Waals surface area contributed by atoms with Gasteiger partial charge in [-0.3, -0.25) is 19.3 Å². The Hall–Kier alpha value is -2.38. The molecule has 0 N–H and O–H groups in total. The van der Waals surface area contributed by atoms with Gasteiger partial charge in [-0.05, 0) is 25.8 Å². The van der Waals surface area contributed by atoms with Crippen LogP contribution in [0.4, 0.5) is 0 Å². The predicted molar refractivity (Wildman–Crippen MR) is 108 cm³/mol. The van der Waals surface area contributed by atoms with Crippen molar-refractivity contribution in [3.8, 4) is 0 Å². The van der Waals surface area contributed by atoms with Crippen LogP contribution in [-0.2, 0) is 23.2 Å². The highest BCUT2D eigenvalue weighted by Crippen LogP contribution is 2.28. The van der Waals surface area contributed by atoms with Gasteiger partial charge in [-0.15, -0.1) is 0 Å². The van der Waals surface area contributed by atoms with Crippen molar-refractivity contribution in [1.29, 1.82) is 0 Å². The maximum absolute atomic E-state index is 12.5. The van der Waals surface area contributed by atoms with Gasteiger partial charge >= 0.3 is 0 Å². The van der Waals surface area contributed by atoms with Gasteiger partial charge in [0.1, 0.15) is 0 Å². The molecule has 0 radical (unpaired) electrons. The molecular weight excluding hydrogens is 356 g/mol. The molecule has 3 rings (SSSR count). The monoisotopic (exact) mass is 388 g/mol. The Kier molecular flexibility index (Phi) is 6.36. The summed E-state index contributed by atoms with van der Waals surface area (Å²) in [4.78, 5) is 27.7. The van der Waals surface area contributed by atoms with Gasteiger partial charge in [-0.2, -0.15) is 10.2 Å². The Morgan fingerprint density at radius 3 is 2.57 bits per heavy atom. The molecule has 8 nitrogen and oxygen atoms in total. The van der Waals surface area contributed by atoms with Gasteiger partial charge in [0.05, 0.1) is 17.9 Å². The van der Waals surface area contributed by atoms with E-state index in [-0.39, 0.29) is 11.8 Å². The molecule has 1 fully saturated rings. The summed E-state index contributed by atoms with van der Waals surface area (Å²) in [5, 5.41) is 11.1. The fourth-order valence-corrected chi connectivity index (χ4v) is 3.83. The van der Waals surface area contributed by atoms with Gasteiger partial charge in [0.25, 0.3) is 0 Å². The lowest BCUT2D eigenvalue weighted by Crippen LogP contribution is -2.39. The molecule has 28 heavy (non-hydrogen) atoms. The van der Waals surface area contributed by atoms with Gasteiger partial charge in [0, 0.05) is 71.7 Å². The molecule has 2 amide bonds. The van der Waals surface area contributed by atoms with E-state index < -0.39 is 0 Å². The van der Waals surface area contributed by atoms with Crippen LogP contribution in [-0.4, -0.2) is 75.3 Å². The van der Waals surface area contributed by atoms with Crippen molar-refractivity contribution >= 4 is 17.5 Å². The van der Waals surface area contributed by atoms with Crippen LogP contribution in [0.3, 0.4) is 0 Å². The molecule has 0 unspecified atom stereocenters. The van der Waals surface area contributed by atoms with Crippen molar-refractivity contribution in [2.45, 2.75) is 52.0 Å². The molecule has 154 valence electrons. The molecule has 8 heteroatoms. The third kappa shape index (κ3) is 4.91. The fraction of sp³-hybridized carbons (Fsp3) is 0.700. The summed E-state index contributed by atoms with van der Waals surface area (Å²) >= 11 is 0. The van der Waals surface area contributed by atoms with Gasteiger partial charge < -0.3 is 9.80 Å². The number of nitrogens with zero attached hydrogens (tertiary/aromatic N) is 6. The summed E-state index contributed by atoms with van der Waals surface area (Å²) in [5.74, 6) is 0.643. The zero-order valence-electron chi connectivity index (χ0n) is 17.5. The highest BCUT2D eigenvalue weighted by Gasteiger charge is 2.26. The molecule has 2 aliphatic heterocycles. The predicted octanol–water partition coefficient (Wildman–Crippen LogP) is 1.58. The molecule has 1 saturated heterocycles. The molecule has 0 atom stereocenters. The maximum atomic E-state index is 12.5. The topological polar surface area (TPSA) is 74.0 Å². The standard InChI is InChI=1S/C20H32N6O2/c1-15-5-11-26(21-15)12-8-20(28)25-9-6-17(7-10-25)19-13-18(24(4)22-19)14-23(3)16(2)27/h13,17H,5-12,14H2,1-4H3. The number of hydrogen-bond donors (Lipinski definition) is 0. The summed E-state index contributed by atoms with van der Waals surface area (Å²) in [5.41, 5.74) is 3.26. The highest BCUT2D eigenvalue weighted by molar-refractivity contribution is 5.83. The third-order valence-electron chi connectivity index (χ3n) is 5.83. The number of piperidine rings is 1. The molecular formula is C20H32N6O2. The van der Waals surface area contributed by atoms with Crippen LogP contribution in [0.1, 0.15) is 56.8 Å². The number of carbonyl (C=O) groups excluding carboxylic acids is 2. The van der Waals surface area contributed by atoms with Crippen LogP contribution < -0.4 is 0 Å². The molecule has 0 saturated carbocycles. The Bertz CT molecular complexity index is 748. The van der Waals surface area contributed by atoms with Crippen LogP contribution in [0.25, 0.3) is 0 Å². The largest absolute Gasteiger partial charge is 0.343 e. The Balaban J connectivity index is 1.48. The van der Waals surface area contributed by atoms with Crippen molar-refractivity contribution in [3.63, 3.8) is 0 Å². The van der Waals surface area contributed by atoms with Gasteiger partial charge in [0.15, 0.2) is 0 Å². The quantitative estimate of drug-likeness (QED) is 0.742. The maximum Gasteiger partial charge on any atom is 0.224 e. The number of aryl methyl sites for hydroxylation is 1. The molecule has 3 heterocycles. The lowest BCUT2D eigenvalue weighted by atomic mass is 9.93. The summed E-state index contributed by atoms with van der Waals surface area (Å²) in [6.45, 7) is 7.38. The van der Waals surface area contributed by atoms with Gasteiger partial charge in [-0.25, -0.2) is 0 Å². The van der Waals surface area contributed by atoms with E-state index in [4.69, 9.17) is 0 Å². The van der Waals surface area contributed by atoms with E-state index in [9.17, 15) is 9.59 Å². The number of amides is 2. The minimum atomic E-state index is 0.0457. The van der Waals surface area contributed by atoms with Gasteiger partial charge in [-0.1, -0.05) is 0 Å².